The maximum absolute atomic E-state index is 11.6. The van der Waals surface area contributed by atoms with E-state index < -0.39 is 0 Å². The molecule has 0 aromatic carbocycles. The van der Waals surface area contributed by atoms with Gasteiger partial charge in [0.25, 0.3) is 0 Å². The first-order valence-electron chi connectivity index (χ1n) is 6.05. The molecule has 1 amide bonds. The van der Waals surface area contributed by atoms with Crippen molar-refractivity contribution in [1.29, 1.82) is 0 Å². The fraction of sp³-hybridized carbons (Fsp3) is 0.909. The fourth-order valence-electron chi connectivity index (χ4n) is 2.51. The summed E-state index contributed by atoms with van der Waals surface area (Å²) in [6.07, 6.45) is 1.59. The minimum absolute atomic E-state index is 0.0769. The van der Waals surface area contributed by atoms with Gasteiger partial charge in [-0.05, 0) is 25.9 Å². The molecule has 2 rings (SSSR count). The third kappa shape index (κ3) is 2.30. The molecule has 5 nitrogen and oxygen atoms in total. The van der Waals surface area contributed by atoms with Crippen molar-refractivity contribution in [2.24, 2.45) is 0 Å². The highest BCUT2D eigenvalue weighted by molar-refractivity contribution is 5.70. The number of amides is 1. The van der Waals surface area contributed by atoms with E-state index in [0.717, 1.165) is 32.5 Å². The van der Waals surface area contributed by atoms with Crippen LogP contribution in [0, 0.1) is 0 Å². The summed E-state index contributed by atoms with van der Waals surface area (Å²) in [5.41, 5.74) is 0. The molecule has 16 heavy (non-hydrogen) atoms. The van der Waals surface area contributed by atoms with Crippen molar-refractivity contribution in [3.05, 3.63) is 0 Å². The molecule has 0 spiro atoms. The van der Waals surface area contributed by atoms with Gasteiger partial charge in [0.2, 0.25) is 0 Å². The van der Waals surface area contributed by atoms with Gasteiger partial charge in [-0.3, -0.25) is 0 Å². The van der Waals surface area contributed by atoms with Gasteiger partial charge in [0.1, 0.15) is 6.10 Å². The molecule has 0 aromatic heterocycles. The summed E-state index contributed by atoms with van der Waals surface area (Å²) in [5, 5.41) is 8.98. The van der Waals surface area contributed by atoms with Gasteiger partial charge in [0.05, 0.1) is 13.2 Å². The molecule has 2 fully saturated rings. The lowest BCUT2D eigenvalue weighted by Gasteiger charge is -2.35. The number of aliphatic hydroxyl groups is 1. The summed E-state index contributed by atoms with van der Waals surface area (Å²) in [6.45, 7) is 5.69. The lowest BCUT2D eigenvalue weighted by Crippen LogP contribution is -2.48. The number of likely N-dealkylation sites (tertiary alicyclic amines) is 1. The van der Waals surface area contributed by atoms with Crippen LogP contribution >= 0.6 is 0 Å². The second kappa shape index (κ2) is 5.01. The van der Waals surface area contributed by atoms with E-state index in [1.165, 1.54) is 0 Å². The van der Waals surface area contributed by atoms with Gasteiger partial charge in [0, 0.05) is 12.6 Å². The minimum Gasteiger partial charge on any atom is -0.442 e. The number of carbonyl (C=O) groups excluding carboxylic acids is 1. The number of piperidine rings is 1. The Bertz CT molecular complexity index is 260. The summed E-state index contributed by atoms with van der Waals surface area (Å²) >= 11 is 0. The van der Waals surface area contributed by atoms with Crippen molar-refractivity contribution in [2.75, 3.05) is 32.8 Å². The Labute approximate surface area is 96.0 Å². The molecule has 1 N–H and O–H groups in total. The molecule has 5 heteroatoms. The lowest BCUT2D eigenvalue weighted by atomic mass is 10.0. The second-order valence-electron chi connectivity index (χ2n) is 4.53. The van der Waals surface area contributed by atoms with Crippen LogP contribution < -0.4 is 0 Å². The number of rotatable bonds is 3. The van der Waals surface area contributed by atoms with Crippen LogP contribution in [-0.2, 0) is 4.74 Å². The quantitative estimate of drug-likeness (QED) is 0.754. The summed E-state index contributed by atoms with van der Waals surface area (Å²) in [6, 6.07) is 0.262. The van der Waals surface area contributed by atoms with Gasteiger partial charge in [0.15, 0.2) is 0 Å². The van der Waals surface area contributed by atoms with Gasteiger partial charge in [-0.1, -0.05) is 6.92 Å². The van der Waals surface area contributed by atoms with Crippen LogP contribution in [-0.4, -0.2) is 65.9 Å². The van der Waals surface area contributed by atoms with Gasteiger partial charge in [-0.25, -0.2) is 4.79 Å². The van der Waals surface area contributed by atoms with Gasteiger partial charge < -0.3 is 19.6 Å². The highest BCUT2D eigenvalue weighted by Gasteiger charge is 2.37. The summed E-state index contributed by atoms with van der Waals surface area (Å²) in [5.74, 6) is 0. The SMILES string of the molecule is CCN1CCCC(N2C[C@H](CO)OC2=O)C1. The first kappa shape index (κ1) is 11.7. The number of ether oxygens (including phenoxy) is 1. The van der Waals surface area contributed by atoms with E-state index in [2.05, 4.69) is 11.8 Å². The highest BCUT2D eigenvalue weighted by Crippen LogP contribution is 2.21. The van der Waals surface area contributed by atoms with Crippen LogP contribution in [0.2, 0.25) is 0 Å². The number of carbonyl (C=O) groups is 1. The van der Waals surface area contributed by atoms with E-state index in [-0.39, 0.29) is 24.8 Å². The molecule has 0 aromatic rings. The van der Waals surface area contributed by atoms with E-state index in [9.17, 15) is 4.79 Å². The van der Waals surface area contributed by atoms with Crippen LogP contribution in [0.15, 0.2) is 0 Å². The summed E-state index contributed by atoms with van der Waals surface area (Å²) < 4.78 is 5.06. The van der Waals surface area contributed by atoms with Crippen molar-refractivity contribution in [3.63, 3.8) is 0 Å². The zero-order valence-corrected chi connectivity index (χ0v) is 9.76. The normalized spacial score (nSPS) is 31.9. The van der Waals surface area contributed by atoms with E-state index in [0.29, 0.717) is 6.54 Å². The number of cyclic esters (lactones) is 1. The average Bonchev–Trinajstić information content (AvgIpc) is 2.71. The number of likely N-dealkylation sites (N-methyl/N-ethyl adjacent to an activating group) is 1. The zero-order chi connectivity index (χ0) is 11.5. The molecule has 1 unspecified atom stereocenters. The molecule has 0 aliphatic carbocycles. The Morgan fingerprint density at radius 1 is 1.50 bits per heavy atom. The summed E-state index contributed by atoms with van der Waals surface area (Å²) in [7, 11) is 0. The van der Waals surface area contributed by atoms with Crippen molar-refractivity contribution in [1.82, 2.24) is 9.80 Å². The van der Waals surface area contributed by atoms with E-state index in [1.54, 1.807) is 4.90 Å². The highest BCUT2D eigenvalue weighted by atomic mass is 16.6. The molecule has 2 atom stereocenters. The predicted octanol–water partition coefficient (Wildman–Crippen LogP) is 0.284. The molecule has 2 saturated heterocycles. The number of nitrogens with zero attached hydrogens (tertiary/aromatic N) is 2. The molecular formula is C11H20N2O3. The van der Waals surface area contributed by atoms with E-state index >= 15 is 0 Å². The minimum atomic E-state index is -0.329. The Hall–Kier alpha value is -0.810. The van der Waals surface area contributed by atoms with Gasteiger partial charge in [-0.15, -0.1) is 0 Å². The molecule has 2 aliphatic heterocycles. The Balaban J connectivity index is 1.94. The maximum atomic E-state index is 11.6. The molecule has 2 aliphatic rings. The number of hydrogen-bond acceptors (Lipinski definition) is 4. The van der Waals surface area contributed by atoms with E-state index in [4.69, 9.17) is 9.84 Å². The van der Waals surface area contributed by atoms with Crippen LogP contribution in [0.3, 0.4) is 0 Å². The van der Waals surface area contributed by atoms with Crippen LogP contribution in [0.5, 0.6) is 0 Å². The number of hydrogen-bond donors (Lipinski definition) is 1. The van der Waals surface area contributed by atoms with Gasteiger partial charge >= 0.3 is 6.09 Å². The van der Waals surface area contributed by atoms with Crippen LogP contribution in [0.25, 0.3) is 0 Å². The Morgan fingerprint density at radius 3 is 2.94 bits per heavy atom. The fourth-order valence-corrected chi connectivity index (χ4v) is 2.51. The molecule has 92 valence electrons. The maximum Gasteiger partial charge on any atom is 0.410 e. The number of aliphatic hydroxyl groups excluding tert-OH is 1. The second-order valence-corrected chi connectivity index (χ2v) is 4.53. The Morgan fingerprint density at radius 2 is 2.31 bits per heavy atom. The zero-order valence-electron chi connectivity index (χ0n) is 9.76. The van der Waals surface area contributed by atoms with Crippen molar-refractivity contribution in [3.8, 4) is 0 Å². The van der Waals surface area contributed by atoms with Crippen molar-refractivity contribution < 1.29 is 14.6 Å². The Kier molecular flexibility index (Phi) is 3.66. The monoisotopic (exact) mass is 228 g/mol. The standard InChI is InChI=1S/C11H20N2O3/c1-2-12-5-3-4-9(6-12)13-7-10(8-14)16-11(13)15/h9-10,14H,2-8H2,1H3/t9?,10-/m1/s1. The van der Waals surface area contributed by atoms with Crippen LogP contribution in [0.1, 0.15) is 19.8 Å². The largest absolute Gasteiger partial charge is 0.442 e. The third-order valence-corrected chi connectivity index (χ3v) is 3.47. The van der Waals surface area contributed by atoms with Gasteiger partial charge in [-0.2, -0.15) is 0 Å². The first-order chi connectivity index (χ1) is 7.74. The van der Waals surface area contributed by atoms with E-state index in [1.807, 2.05) is 0 Å². The smallest absolute Gasteiger partial charge is 0.410 e. The summed E-state index contributed by atoms with van der Waals surface area (Å²) in [4.78, 5) is 15.7. The first-order valence-corrected chi connectivity index (χ1v) is 6.05. The molecule has 0 saturated carbocycles. The molecule has 0 radical (unpaired) electrons. The van der Waals surface area contributed by atoms with Crippen LogP contribution in [0.4, 0.5) is 4.79 Å². The lowest BCUT2D eigenvalue weighted by molar-refractivity contribution is 0.0910. The molecule has 0 bridgehead atoms. The topological polar surface area (TPSA) is 53.0 Å². The third-order valence-electron chi connectivity index (χ3n) is 3.47. The predicted molar refractivity (Wildman–Crippen MR) is 59.2 cm³/mol. The average molecular weight is 228 g/mol. The molecular weight excluding hydrogens is 208 g/mol. The molecule has 2 heterocycles. The van der Waals surface area contributed by atoms with Crippen molar-refractivity contribution >= 4 is 6.09 Å². The van der Waals surface area contributed by atoms with Crippen molar-refractivity contribution in [2.45, 2.75) is 31.9 Å².